The molecule has 0 saturated heterocycles. The third kappa shape index (κ3) is 3.99. The van der Waals surface area contributed by atoms with E-state index in [9.17, 15) is 0 Å². The molecule has 0 aliphatic heterocycles. The Balaban J connectivity index is 0.00000144. The number of hydrogen-bond donors (Lipinski definition) is 2. The first kappa shape index (κ1) is 16.9. The van der Waals surface area contributed by atoms with Crippen LogP contribution in [0.2, 0.25) is 0 Å². The van der Waals surface area contributed by atoms with Crippen LogP contribution in [0.1, 0.15) is 23.2 Å². The molecule has 2 aromatic carbocycles. The molecule has 90 valence electrons. The Kier molecular flexibility index (Phi) is 7.61. The van der Waals surface area contributed by atoms with E-state index in [4.69, 9.17) is 11.5 Å². The molecule has 0 aliphatic carbocycles. The van der Waals surface area contributed by atoms with Crippen LogP contribution in [0.5, 0.6) is 0 Å². The summed E-state index contributed by atoms with van der Waals surface area (Å²) in [6.45, 7) is 0. The summed E-state index contributed by atoms with van der Waals surface area (Å²) in [4.78, 5) is 0. The van der Waals surface area contributed by atoms with Gasteiger partial charge in [-0.2, -0.15) is 0 Å². The van der Waals surface area contributed by atoms with Gasteiger partial charge in [0.15, 0.2) is 0 Å². The Morgan fingerprint density at radius 2 is 0.889 bits per heavy atom. The van der Waals surface area contributed by atoms with Crippen LogP contribution in [0.25, 0.3) is 6.15 Å². The molecule has 0 aliphatic rings. The second-order valence-corrected chi connectivity index (χ2v) is 3.87. The monoisotopic (exact) mass is 235 g/mol. The summed E-state index contributed by atoms with van der Waals surface area (Å²) in [5.74, 6) is 0. The van der Waals surface area contributed by atoms with Gasteiger partial charge in [0.2, 0.25) is 0 Å². The standard InChI is InChI=1S/C14H16N2.Li.H2N/c15-13(11-7-3-1-4-8-11)14(16)12-9-5-2-6-10-12;;/h1-10,13-14H,15-16H2;;1H2/q;+1;-1. The van der Waals surface area contributed by atoms with E-state index < -0.39 is 0 Å². The smallest absolute Gasteiger partial charge is 0.693 e. The third-order valence-corrected chi connectivity index (χ3v) is 2.76. The van der Waals surface area contributed by atoms with Gasteiger partial charge in [-0.1, -0.05) is 60.7 Å². The van der Waals surface area contributed by atoms with Crippen LogP contribution >= 0.6 is 0 Å². The predicted octanol–water partition coefficient (Wildman–Crippen LogP) is 0.108. The van der Waals surface area contributed by atoms with E-state index in [0.29, 0.717) is 0 Å². The van der Waals surface area contributed by atoms with Crippen molar-refractivity contribution in [3.05, 3.63) is 77.9 Å². The molecule has 4 heteroatoms. The first-order chi connectivity index (χ1) is 7.79. The maximum absolute atomic E-state index is 6.15. The number of hydrogen-bond acceptors (Lipinski definition) is 2. The number of rotatable bonds is 3. The minimum Gasteiger partial charge on any atom is -0.693 e. The molecule has 0 spiro atoms. The minimum absolute atomic E-state index is 0. The summed E-state index contributed by atoms with van der Waals surface area (Å²) in [6.07, 6.45) is 0. The fraction of sp³-hybridized carbons (Fsp3) is 0.143. The Hall–Kier alpha value is -1.08. The van der Waals surface area contributed by atoms with Crippen molar-refractivity contribution in [2.24, 2.45) is 11.5 Å². The van der Waals surface area contributed by atoms with Gasteiger partial charge in [0.1, 0.15) is 0 Å². The van der Waals surface area contributed by atoms with Crippen LogP contribution in [0.4, 0.5) is 0 Å². The zero-order chi connectivity index (χ0) is 11.4. The van der Waals surface area contributed by atoms with E-state index in [0.717, 1.165) is 11.1 Å². The van der Waals surface area contributed by atoms with Crippen molar-refractivity contribution in [2.45, 2.75) is 12.1 Å². The van der Waals surface area contributed by atoms with Crippen LogP contribution in [0.3, 0.4) is 0 Å². The summed E-state index contributed by atoms with van der Waals surface area (Å²) in [5, 5.41) is 0. The molecule has 2 unspecified atom stereocenters. The fourth-order valence-electron chi connectivity index (χ4n) is 1.77. The Bertz CT molecular complexity index is 390. The largest absolute Gasteiger partial charge is 1.00 e. The van der Waals surface area contributed by atoms with E-state index in [1.165, 1.54) is 0 Å². The van der Waals surface area contributed by atoms with Gasteiger partial charge < -0.3 is 17.6 Å². The summed E-state index contributed by atoms with van der Waals surface area (Å²) in [6, 6.07) is 19.6. The first-order valence-corrected chi connectivity index (χ1v) is 5.40. The number of benzene rings is 2. The summed E-state index contributed by atoms with van der Waals surface area (Å²) in [5.41, 5.74) is 14.4. The molecule has 6 N–H and O–H groups in total. The normalized spacial score (nSPS) is 12.8. The summed E-state index contributed by atoms with van der Waals surface area (Å²) >= 11 is 0. The quantitative estimate of drug-likeness (QED) is 0.740. The molecule has 0 saturated carbocycles. The average molecular weight is 235 g/mol. The maximum Gasteiger partial charge on any atom is 1.00 e. The molecule has 0 amide bonds. The molecule has 2 rings (SSSR count). The topological polar surface area (TPSA) is 85.5 Å². The van der Waals surface area contributed by atoms with Crippen molar-refractivity contribution in [1.82, 2.24) is 0 Å². The van der Waals surface area contributed by atoms with E-state index in [1.54, 1.807) is 0 Å². The van der Waals surface area contributed by atoms with Gasteiger partial charge >= 0.3 is 18.9 Å². The predicted molar refractivity (Wildman–Crippen MR) is 72.0 cm³/mol. The van der Waals surface area contributed by atoms with Gasteiger partial charge in [0, 0.05) is 12.1 Å². The molecule has 0 heterocycles. The average Bonchev–Trinajstić information content (AvgIpc) is 2.39. The SMILES string of the molecule is NC(c1ccccc1)C(N)c1ccccc1.[Li+].[NH2-]. The van der Waals surface area contributed by atoms with Crippen molar-refractivity contribution in [2.75, 3.05) is 0 Å². The van der Waals surface area contributed by atoms with E-state index in [-0.39, 0.29) is 37.1 Å². The van der Waals surface area contributed by atoms with Crippen LogP contribution in [0, 0.1) is 0 Å². The fourth-order valence-corrected chi connectivity index (χ4v) is 1.77. The molecule has 0 radical (unpaired) electrons. The van der Waals surface area contributed by atoms with Crippen molar-refractivity contribution < 1.29 is 18.9 Å². The van der Waals surface area contributed by atoms with Crippen molar-refractivity contribution in [3.8, 4) is 0 Å². The van der Waals surface area contributed by atoms with E-state index >= 15 is 0 Å². The first-order valence-electron chi connectivity index (χ1n) is 5.40. The van der Waals surface area contributed by atoms with Gasteiger partial charge in [0.25, 0.3) is 0 Å². The van der Waals surface area contributed by atoms with Gasteiger partial charge in [0.05, 0.1) is 0 Å². The zero-order valence-electron chi connectivity index (χ0n) is 10.7. The van der Waals surface area contributed by atoms with Crippen LogP contribution in [-0.4, -0.2) is 0 Å². The second-order valence-electron chi connectivity index (χ2n) is 3.87. The van der Waals surface area contributed by atoms with Crippen LogP contribution < -0.4 is 30.3 Å². The zero-order valence-corrected chi connectivity index (χ0v) is 10.7. The van der Waals surface area contributed by atoms with E-state index in [2.05, 4.69) is 0 Å². The van der Waals surface area contributed by atoms with Crippen molar-refractivity contribution in [1.29, 1.82) is 0 Å². The maximum atomic E-state index is 6.15. The molecular weight excluding hydrogens is 217 g/mol. The molecule has 0 bridgehead atoms. The van der Waals surface area contributed by atoms with Crippen LogP contribution in [-0.2, 0) is 0 Å². The Morgan fingerprint density at radius 3 is 1.17 bits per heavy atom. The molecule has 2 atom stereocenters. The molecular formula is C14H18LiN3. The van der Waals surface area contributed by atoms with Gasteiger partial charge in [-0.25, -0.2) is 0 Å². The molecule has 2 aromatic rings. The Labute approximate surface area is 120 Å². The van der Waals surface area contributed by atoms with Gasteiger partial charge in [-0.05, 0) is 11.1 Å². The Morgan fingerprint density at radius 1 is 0.611 bits per heavy atom. The van der Waals surface area contributed by atoms with Gasteiger partial charge in [-0.3, -0.25) is 0 Å². The van der Waals surface area contributed by atoms with E-state index in [1.807, 2.05) is 60.7 Å². The molecule has 3 nitrogen and oxygen atoms in total. The molecule has 0 fully saturated rings. The van der Waals surface area contributed by atoms with Gasteiger partial charge in [-0.15, -0.1) is 0 Å². The number of nitrogens with two attached hydrogens (primary N) is 3. The third-order valence-electron chi connectivity index (χ3n) is 2.76. The summed E-state index contributed by atoms with van der Waals surface area (Å²) < 4.78 is 0. The van der Waals surface area contributed by atoms with Crippen molar-refractivity contribution >= 4 is 0 Å². The summed E-state index contributed by atoms with van der Waals surface area (Å²) in [7, 11) is 0. The molecule has 18 heavy (non-hydrogen) atoms. The second kappa shape index (κ2) is 8.10. The minimum atomic E-state index is -0.163. The van der Waals surface area contributed by atoms with Crippen molar-refractivity contribution in [3.63, 3.8) is 0 Å². The van der Waals surface area contributed by atoms with Crippen LogP contribution in [0.15, 0.2) is 60.7 Å². The molecule has 0 aromatic heterocycles.